The summed E-state index contributed by atoms with van der Waals surface area (Å²) in [6.07, 6.45) is -1.23. The lowest BCUT2D eigenvalue weighted by molar-refractivity contribution is -0.188. The van der Waals surface area contributed by atoms with Crippen molar-refractivity contribution in [3.05, 3.63) is 65.0 Å². The van der Waals surface area contributed by atoms with Crippen LogP contribution in [0.5, 0.6) is 0 Å². The van der Waals surface area contributed by atoms with Gasteiger partial charge in [-0.2, -0.15) is 0 Å². The van der Waals surface area contributed by atoms with Gasteiger partial charge in [-0.15, -0.1) is 0 Å². The molecule has 0 bridgehead atoms. The first kappa shape index (κ1) is 22.0. The van der Waals surface area contributed by atoms with Gasteiger partial charge in [0.2, 0.25) is 0 Å². The monoisotopic (exact) mass is 532 g/mol. The number of aromatic nitrogens is 2. The topological polar surface area (TPSA) is 67.5 Å². The van der Waals surface area contributed by atoms with Gasteiger partial charge in [0.1, 0.15) is 18.0 Å². The Morgan fingerprint density at radius 3 is 2.82 bits per heavy atom. The SMILES string of the molecule is [2H]C([2H])([2H])N(CCCc1nc2ccccc2[nH]1)C([2H])([2H])C[C@@]1(OC(=O)COC)CC(F)(F)c2cc(C)ccc2[C@@H]1C(C)C. The number of aryl methyl sites for hydroxylation is 2. The van der Waals surface area contributed by atoms with E-state index in [0.29, 0.717) is 22.7 Å². The van der Waals surface area contributed by atoms with Gasteiger partial charge in [0.25, 0.3) is 5.92 Å². The molecule has 0 saturated heterocycles. The molecule has 2 aromatic carbocycles. The molecular weight excluding hydrogens is 488 g/mol. The zero-order valence-electron chi connectivity index (χ0n) is 27.3. The minimum atomic E-state index is -3.47. The van der Waals surface area contributed by atoms with Gasteiger partial charge in [-0.25, -0.2) is 18.6 Å². The number of benzene rings is 2. The van der Waals surface area contributed by atoms with Crippen LogP contribution in [0.1, 0.15) is 68.4 Å². The van der Waals surface area contributed by atoms with Crippen LogP contribution in [0.3, 0.4) is 0 Å². The van der Waals surface area contributed by atoms with Crippen molar-refractivity contribution < 1.29 is 29.9 Å². The zero-order chi connectivity index (χ0) is 31.8. The number of nitrogens with one attached hydrogen (secondary N) is 1. The number of aromatic amines is 1. The standard InChI is InChI=1S/C30H39F2N3O3/c1-20(2)28-22-13-12-21(3)17-23(22)30(31,32)19-29(28,38-27(36)18-37-5)14-16-35(4)15-8-11-26-33-24-9-6-7-10-25(24)34-26/h6-7,9-10,12-13,17,20,28H,8,11,14-16,18-19H2,1-5H3,(H,33,34)/t28-,29+/m0/s1/i4D3,16D2. The average Bonchev–Trinajstić information content (AvgIpc) is 3.28. The van der Waals surface area contributed by atoms with E-state index in [1.807, 2.05) is 24.3 Å². The van der Waals surface area contributed by atoms with Crippen molar-refractivity contribution in [2.75, 3.05) is 33.7 Å². The molecule has 0 spiro atoms. The normalized spacial score (nSPS) is 23.4. The van der Waals surface area contributed by atoms with Gasteiger partial charge in [-0.3, -0.25) is 0 Å². The Kier molecular flexibility index (Phi) is 6.66. The van der Waals surface area contributed by atoms with Gasteiger partial charge < -0.3 is 19.4 Å². The molecule has 38 heavy (non-hydrogen) atoms. The molecule has 0 amide bonds. The van der Waals surface area contributed by atoms with Gasteiger partial charge in [0.05, 0.1) is 17.5 Å². The van der Waals surface area contributed by atoms with Crippen LogP contribution in [0.15, 0.2) is 42.5 Å². The van der Waals surface area contributed by atoms with Gasteiger partial charge in [0.15, 0.2) is 0 Å². The smallest absolute Gasteiger partial charge is 0.332 e. The van der Waals surface area contributed by atoms with Crippen LogP contribution < -0.4 is 0 Å². The summed E-state index contributed by atoms with van der Waals surface area (Å²) in [6.45, 7) is -1.03. The third kappa shape index (κ3) is 6.07. The number of esters is 1. The Bertz CT molecular complexity index is 1410. The molecule has 0 aliphatic heterocycles. The Hall–Kier alpha value is -2.84. The fourth-order valence-corrected chi connectivity index (χ4v) is 5.61. The summed E-state index contributed by atoms with van der Waals surface area (Å²) in [5.41, 5.74) is 0.217. The van der Waals surface area contributed by atoms with Crippen molar-refractivity contribution in [1.82, 2.24) is 14.9 Å². The summed E-state index contributed by atoms with van der Waals surface area (Å²) in [7, 11) is 1.26. The van der Waals surface area contributed by atoms with Crippen molar-refractivity contribution in [1.29, 1.82) is 0 Å². The predicted octanol–water partition coefficient (Wildman–Crippen LogP) is 5.99. The van der Waals surface area contributed by atoms with Crippen LogP contribution in [-0.2, 0) is 26.6 Å². The quantitative estimate of drug-likeness (QED) is 0.307. The molecule has 1 aliphatic rings. The van der Waals surface area contributed by atoms with Gasteiger partial charge in [-0.05, 0) is 56.5 Å². The van der Waals surface area contributed by atoms with Gasteiger partial charge >= 0.3 is 5.97 Å². The molecule has 0 unspecified atom stereocenters. The van der Waals surface area contributed by atoms with Crippen molar-refractivity contribution in [2.24, 2.45) is 5.92 Å². The molecule has 4 rings (SSSR count). The molecule has 0 radical (unpaired) electrons. The molecule has 3 aromatic rings. The fourth-order valence-electron chi connectivity index (χ4n) is 5.61. The lowest BCUT2D eigenvalue weighted by Crippen LogP contribution is -2.52. The number of para-hydroxylation sites is 2. The number of methoxy groups -OCH3 is 1. The van der Waals surface area contributed by atoms with Crippen molar-refractivity contribution in [2.45, 2.75) is 63.9 Å². The number of ether oxygens (including phenoxy) is 2. The number of carbonyl (C=O) groups excluding carboxylic acids is 1. The van der Waals surface area contributed by atoms with Crippen molar-refractivity contribution in [3.8, 4) is 0 Å². The predicted molar refractivity (Wildman–Crippen MR) is 144 cm³/mol. The number of H-pyrrole nitrogens is 1. The highest BCUT2D eigenvalue weighted by atomic mass is 19.3. The van der Waals surface area contributed by atoms with Crippen LogP contribution in [0, 0.1) is 12.8 Å². The molecule has 0 saturated carbocycles. The van der Waals surface area contributed by atoms with E-state index in [-0.39, 0.29) is 30.0 Å². The molecule has 1 heterocycles. The maximum absolute atomic E-state index is 16.0. The molecule has 1 aromatic heterocycles. The number of hydrogen-bond donors (Lipinski definition) is 1. The lowest BCUT2D eigenvalue weighted by atomic mass is 9.64. The Labute approximate surface area is 230 Å². The number of nitrogens with zero attached hydrogens (tertiary/aromatic N) is 2. The van der Waals surface area contributed by atoms with Crippen LogP contribution in [-0.4, -0.2) is 60.2 Å². The van der Waals surface area contributed by atoms with Crippen molar-refractivity contribution >= 4 is 17.0 Å². The van der Waals surface area contributed by atoms with E-state index in [9.17, 15) is 4.79 Å². The van der Waals surface area contributed by atoms with Crippen LogP contribution >= 0.6 is 0 Å². The number of alkyl halides is 2. The second-order valence-corrected chi connectivity index (χ2v) is 10.5. The maximum atomic E-state index is 16.0. The summed E-state index contributed by atoms with van der Waals surface area (Å²) in [4.78, 5) is 21.2. The van der Waals surface area contributed by atoms with E-state index in [1.165, 1.54) is 13.2 Å². The summed E-state index contributed by atoms with van der Waals surface area (Å²) in [5.74, 6) is -4.98. The first-order valence-corrected chi connectivity index (χ1v) is 12.9. The first-order chi connectivity index (χ1) is 20.0. The van der Waals surface area contributed by atoms with Crippen LogP contribution in [0.25, 0.3) is 11.0 Å². The Balaban J connectivity index is 1.70. The number of fused-ring (bicyclic) bond motifs is 2. The summed E-state index contributed by atoms with van der Waals surface area (Å²) < 4.78 is 85.2. The van der Waals surface area contributed by atoms with E-state index in [0.717, 1.165) is 11.0 Å². The first-order valence-electron chi connectivity index (χ1n) is 15.4. The van der Waals surface area contributed by atoms with E-state index < -0.39 is 56.3 Å². The molecular formula is C30H39F2N3O3. The second-order valence-electron chi connectivity index (χ2n) is 10.5. The van der Waals surface area contributed by atoms with Crippen molar-refractivity contribution in [3.63, 3.8) is 0 Å². The summed E-state index contributed by atoms with van der Waals surface area (Å²) in [6, 6.07) is 12.1. The fraction of sp³-hybridized carbons (Fsp3) is 0.533. The zero-order valence-corrected chi connectivity index (χ0v) is 22.3. The largest absolute Gasteiger partial charge is 0.456 e. The van der Waals surface area contributed by atoms with Gasteiger partial charge in [0, 0.05) is 44.8 Å². The highest BCUT2D eigenvalue weighted by molar-refractivity contribution is 5.74. The molecule has 0 fully saturated rings. The van der Waals surface area contributed by atoms with Crippen LogP contribution in [0.2, 0.25) is 0 Å². The molecule has 8 heteroatoms. The minimum Gasteiger partial charge on any atom is -0.456 e. The highest BCUT2D eigenvalue weighted by Gasteiger charge is 2.57. The third-order valence-corrected chi connectivity index (χ3v) is 7.07. The number of rotatable bonds is 11. The molecule has 6 nitrogen and oxygen atoms in total. The molecule has 1 aliphatic carbocycles. The molecule has 206 valence electrons. The van der Waals surface area contributed by atoms with E-state index >= 15 is 8.78 Å². The Morgan fingerprint density at radius 2 is 2.11 bits per heavy atom. The minimum absolute atomic E-state index is 0.191. The number of carbonyl (C=O) groups is 1. The highest BCUT2D eigenvalue weighted by Crippen LogP contribution is 2.55. The summed E-state index contributed by atoms with van der Waals surface area (Å²) >= 11 is 0. The van der Waals surface area contributed by atoms with E-state index in [2.05, 4.69) is 9.97 Å². The van der Waals surface area contributed by atoms with Gasteiger partial charge in [-0.1, -0.05) is 43.7 Å². The lowest BCUT2D eigenvalue weighted by Gasteiger charge is -2.49. The Morgan fingerprint density at radius 1 is 1.32 bits per heavy atom. The molecule has 1 N–H and O–H groups in total. The maximum Gasteiger partial charge on any atom is 0.332 e. The van der Waals surface area contributed by atoms with Crippen LogP contribution in [0.4, 0.5) is 8.78 Å². The van der Waals surface area contributed by atoms with E-state index in [4.69, 9.17) is 16.3 Å². The summed E-state index contributed by atoms with van der Waals surface area (Å²) in [5, 5.41) is 0. The third-order valence-electron chi connectivity index (χ3n) is 7.07. The average molecular weight is 533 g/mol. The number of halogens is 2. The number of imidazole rings is 1. The van der Waals surface area contributed by atoms with E-state index in [1.54, 1.807) is 32.9 Å². The molecule has 2 atom stereocenters. The number of hydrogen-bond acceptors (Lipinski definition) is 5. The second kappa shape index (κ2) is 11.5.